The van der Waals surface area contributed by atoms with E-state index in [2.05, 4.69) is 21.8 Å². The minimum absolute atomic E-state index is 0.00624. The molecule has 11 heteroatoms. The first-order chi connectivity index (χ1) is 23.6. The first kappa shape index (κ1) is 33.5. The van der Waals surface area contributed by atoms with E-state index in [0.717, 1.165) is 26.2 Å². The highest BCUT2D eigenvalue weighted by atomic mass is 19.1. The minimum atomic E-state index is -1.01. The lowest BCUT2D eigenvalue weighted by molar-refractivity contribution is -0.119. The number of Topliss-reactive ketones (excluding diaryl/α,β-unsaturated/α-hetero) is 1. The van der Waals surface area contributed by atoms with Crippen molar-refractivity contribution in [3.63, 3.8) is 0 Å². The normalized spacial score (nSPS) is 14.9. The SMILES string of the molecule is COc1ccccc1C(=O)C(N)c1cccc(C(=Nc2ccc(N(C)C(=O)CN3CCN(C)CC3)cc2)c2c(O)[nH]c3cc(F)ccc23)c1. The summed E-state index contributed by atoms with van der Waals surface area (Å²) in [4.78, 5) is 40.4. The number of amides is 1. The average Bonchev–Trinajstić information content (AvgIpc) is 3.44. The monoisotopic (exact) mass is 662 g/mol. The number of aromatic amines is 1. The van der Waals surface area contributed by atoms with Gasteiger partial charge in [0.1, 0.15) is 11.6 Å². The van der Waals surface area contributed by atoms with Crippen molar-refractivity contribution in [2.45, 2.75) is 6.04 Å². The van der Waals surface area contributed by atoms with Gasteiger partial charge in [0.25, 0.3) is 0 Å². The largest absolute Gasteiger partial charge is 0.496 e. The van der Waals surface area contributed by atoms with Gasteiger partial charge in [-0.2, -0.15) is 0 Å². The Morgan fingerprint density at radius 3 is 2.47 bits per heavy atom. The number of aliphatic imine (C=N–C) groups is 1. The van der Waals surface area contributed by atoms with Gasteiger partial charge in [0.2, 0.25) is 5.91 Å². The first-order valence-corrected chi connectivity index (χ1v) is 16.0. The van der Waals surface area contributed by atoms with Crippen molar-refractivity contribution in [3.8, 4) is 11.6 Å². The van der Waals surface area contributed by atoms with E-state index in [4.69, 9.17) is 15.5 Å². The molecule has 2 heterocycles. The number of H-pyrrole nitrogens is 1. The Morgan fingerprint density at radius 1 is 1.00 bits per heavy atom. The van der Waals surface area contributed by atoms with Crippen molar-refractivity contribution in [2.24, 2.45) is 10.7 Å². The van der Waals surface area contributed by atoms with Gasteiger partial charge >= 0.3 is 0 Å². The van der Waals surface area contributed by atoms with Gasteiger partial charge in [0.05, 0.1) is 47.7 Å². The van der Waals surface area contributed by atoms with Crippen LogP contribution in [0, 0.1) is 5.82 Å². The maximum Gasteiger partial charge on any atom is 0.240 e. The number of nitrogens with zero attached hydrogens (tertiary/aromatic N) is 4. The average molecular weight is 663 g/mol. The van der Waals surface area contributed by atoms with Gasteiger partial charge in [-0.1, -0.05) is 30.3 Å². The van der Waals surface area contributed by atoms with Crippen LogP contribution in [0.15, 0.2) is 96.0 Å². The number of carbonyl (C=O) groups is 2. The fourth-order valence-electron chi connectivity index (χ4n) is 6.03. The molecule has 4 N–H and O–H groups in total. The molecular weight excluding hydrogens is 623 g/mol. The van der Waals surface area contributed by atoms with Crippen LogP contribution in [0.1, 0.15) is 33.1 Å². The van der Waals surface area contributed by atoms with Crippen LogP contribution < -0.4 is 15.4 Å². The van der Waals surface area contributed by atoms with Crippen molar-refractivity contribution >= 4 is 39.7 Å². The van der Waals surface area contributed by atoms with E-state index >= 15 is 0 Å². The summed E-state index contributed by atoms with van der Waals surface area (Å²) in [7, 11) is 5.33. The molecule has 1 aromatic heterocycles. The second-order valence-corrected chi connectivity index (χ2v) is 12.2. The third kappa shape index (κ3) is 7.24. The number of methoxy groups -OCH3 is 1. The van der Waals surface area contributed by atoms with Crippen LogP contribution in [0.3, 0.4) is 0 Å². The molecule has 1 aliphatic heterocycles. The van der Waals surface area contributed by atoms with Crippen molar-refractivity contribution in [3.05, 3.63) is 119 Å². The number of ether oxygens (including phenoxy) is 1. The van der Waals surface area contributed by atoms with Crippen LogP contribution in [0.25, 0.3) is 10.9 Å². The number of benzene rings is 4. The number of hydrogen-bond acceptors (Lipinski definition) is 8. The molecule has 4 aromatic carbocycles. The molecule has 6 rings (SSSR count). The van der Waals surface area contributed by atoms with Gasteiger partial charge in [0, 0.05) is 49.9 Å². The predicted octanol–water partition coefficient (Wildman–Crippen LogP) is 5.28. The number of piperazine rings is 1. The molecule has 1 aliphatic rings. The maximum absolute atomic E-state index is 14.1. The number of aromatic hydroxyl groups is 1. The lowest BCUT2D eigenvalue weighted by Crippen LogP contribution is -2.48. The number of hydrogen-bond donors (Lipinski definition) is 3. The second-order valence-electron chi connectivity index (χ2n) is 12.2. The maximum atomic E-state index is 14.1. The Kier molecular flexibility index (Phi) is 9.86. The van der Waals surface area contributed by atoms with E-state index in [9.17, 15) is 19.1 Å². The van der Waals surface area contributed by atoms with Crippen molar-refractivity contribution < 1.29 is 23.8 Å². The lowest BCUT2D eigenvalue weighted by Gasteiger charge is -2.32. The number of carbonyl (C=O) groups excluding carboxylic acids is 2. The van der Waals surface area contributed by atoms with Crippen molar-refractivity contribution in [2.75, 3.05) is 58.8 Å². The molecular formula is C38H39FN6O4. The van der Waals surface area contributed by atoms with Crippen LogP contribution in [0.5, 0.6) is 11.6 Å². The number of likely N-dealkylation sites (N-methyl/N-ethyl adjacent to an activating group) is 2. The summed E-state index contributed by atoms with van der Waals surface area (Å²) in [6.45, 7) is 3.90. The van der Waals surface area contributed by atoms with E-state index in [1.165, 1.54) is 19.2 Å². The predicted molar refractivity (Wildman–Crippen MR) is 190 cm³/mol. The van der Waals surface area contributed by atoms with E-state index in [1.54, 1.807) is 72.6 Å². The highest BCUT2D eigenvalue weighted by Gasteiger charge is 2.24. The number of nitrogens with one attached hydrogen (secondary N) is 1. The number of aromatic nitrogens is 1. The number of anilines is 1. The standard InChI is InChI=1S/C38H39FN6O4/c1-43-17-19-45(20-18-43)23-33(46)44(2)28-14-12-27(13-15-28)41-36(34-29-16-11-26(39)22-31(29)42-38(34)48)25-8-6-7-24(21-25)35(40)37(47)30-9-4-5-10-32(30)49-3/h4-16,21-22,35,42,48H,17-20,23,40H2,1-3H3. The number of rotatable bonds is 10. The van der Waals surface area contributed by atoms with Crippen LogP contribution in [0.4, 0.5) is 15.8 Å². The fraction of sp³-hybridized carbons (Fsp3) is 0.237. The van der Waals surface area contributed by atoms with Gasteiger partial charge < -0.3 is 30.4 Å². The van der Waals surface area contributed by atoms with E-state index in [-0.39, 0.29) is 17.6 Å². The molecule has 1 unspecified atom stereocenters. The summed E-state index contributed by atoms with van der Waals surface area (Å²) in [6.07, 6.45) is 0. The molecule has 1 saturated heterocycles. The van der Waals surface area contributed by atoms with Crippen LogP contribution >= 0.6 is 0 Å². The van der Waals surface area contributed by atoms with Crippen LogP contribution in [-0.4, -0.2) is 91.2 Å². The molecule has 0 radical (unpaired) electrons. The molecule has 252 valence electrons. The summed E-state index contributed by atoms with van der Waals surface area (Å²) in [5, 5.41) is 11.7. The summed E-state index contributed by atoms with van der Waals surface area (Å²) < 4.78 is 19.5. The summed E-state index contributed by atoms with van der Waals surface area (Å²) in [5.74, 6) is -0.547. The Morgan fingerprint density at radius 2 is 1.73 bits per heavy atom. The quantitative estimate of drug-likeness (QED) is 0.137. The first-order valence-electron chi connectivity index (χ1n) is 16.0. The Bertz CT molecular complexity index is 2020. The number of fused-ring (bicyclic) bond motifs is 1. The fourth-order valence-corrected chi connectivity index (χ4v) is 6.03. The topological polar surface area (TPSA) is 127 Å². The van der Waals surface area contributed by atoms with Crippen LogP contribution in [0.2, 0.25) is 0 Å². The van der Waals surface area contributed by atoms with Gasteiger partial charge in [-0.3, -0.25) is 14.5 Å². The van der Waals surface area contributed by atoms with Gasteiger partial charge in [-0.25, -0.2) is 9.38 Å². The van der Waals surface area contributed by atoms with Gasteiger partial charge in [-0.15, -0.1) is 0 Å². The summed E-state index contributed by atoms with van der Waals surface area (Å²) in [5.41, 5.74) is 10.4. The Labute approximate surface area is 284 Å². The second kappa shape index (κ2) is 14.4. The Hall–Kier alpha value is -5.36. The highest BCUT2D eigenvalue weighted by molar-refractivity contribution is 6.22. The Balaban J connectivity index is 1.35. The zero-order valence-electron chi connectivity index (χ0n) is 27.7. The van der Waals surface area contributed by atoms with Crippen LogP contribution in [-0.2, 0) is 4.79 Å². The van der Waals surface area contributed by atoms with Gasteiger partial charge in [0.15, 0.2) is 11.7 Å². The van der Waals surface area contributed by atoms with E-state index in [1.807, 2.05) is 18.2 Å². The van der Waals surface area contributed by atoms with E-state index in [0.29, 0.717) is 62.5 Å². The molecule has 5 aromatic rings. The molecule has 1 atom stereocenters. The summed E-state index contributed by atoms with van der Waals surface area (Å²) >= 11 is 0. The van der Waals surface area contributed by atoms with E-state index < -0.39 is 11.9 Å². The minimum Gasteiger partial charge on any atom is -0.496 e. The highest BCUT2D eigenvalue weighted by Crippen LogP contribution is 2.33. The molecule has 1 amide bonds. The molecule has 10 nitrogen and oxygen atoms in total. The molecule has 0 aliphatic carbocycles. The third-order valence-electron chi connectivity index (χ3n) is 8.96. The smallest absolute Gasteiger partial charge is 0.240 e. The zero-order chi connectivity index (χ0) is 34.7. The number of ketones is 1. The molecule has 0 bridgehead atoms. The molecule has 0 spiro atoms. The van der Waals surface area contributed by atoms with Crippen molar-refractivity contribution in [1.82, 2.24) is 14.8 Å². The lowest BCUT2D eigenvalue weighted by atomic mass is 9.93. The third-order valence-corrected chi connectivity index (χ3v) is 8.96. The van der Waals surface area contributed by atoms with Gasteiger partial charge in [-0.05, 0) is 73.3 Å². The zero-order valence-corrected chi connectivity index (χ0v) is 27.7. The number of nitrogens with two attached hydrogens (primary N) is 1. The molecule has 49 heavy (non-hydrogen) atoms. The number of halogens is 1. The number of para-hydroxylation sites is 1. The molecule has 1 fully saturated rings. The summed E-state index contributed by atoms with van der Waals surface area (Å²) in [6, 6.07) is 24.4. The van der Waals surface area contributed by atoms with Crippen molar-refractivity contribution in [1.29, 1.82) is 0 Å². The molecule has 0 saturated carbocycles.